The highest BCUT2D eigenvalue weighted by molar-refractivity contribution is 5.78. The van der Waals surface area contributed by atoms with Crippen LogP contribution in [0, 0.1) is 0 Å². The number of nitrogens with one attached hydrogen (secondary N) is 1. The van der Waals surface area contributed by atoms with Crippen LogP contribution in [-0.4, -0.2) is 46.2 Å². The van der Waals surface area contributed by atoms with Crippen LogP contribution in [-0.2, 0) is 16.1 Å². The van der Waals surface area contributed by atoms with Crippen LogP contribution in [0.2, 0.25) is 0 Å². The second kappa shape index (κ2) is 5.29. The van der Waals surface area contributed by atoms with Gasteiger partial charge in [-0.3, -0.25) is 14.8 Å². The van der Waals surface area contributed by atoms with Crippen molar-refractivity contribution < 1.29 is 14.6 Å². The van der Waals surface area contributed by atoms with E-state index in [-0.39, 0.29) is 0 Å². The zero-order valence-electron chi connectivity index (χ0n) is 9.63. The molecule has 0 bridgehead atoms. The van der Waals surface area contributed by atoms with Gasteiger partial charge in [-0.15, -0.1) is 0 Å². The van der Waals surface area contributed by atoms with Crippen molar-refractivity contribution >= 4 is 5.97 Å². The lowest BCUT2D eigenvalue weighted by Gasteiger charge is -2.34. The Balaban J connectivity index is 1.87. The number of hydrogen-bond donors (Lipinski definition) is 2. The van der Waals surface area contributed by atoms with Gasteiger partial charge in [-0.1, -0.05) is 0 Å². The topological polar surface area (TPSA) is 76.4 Å². The number of carboxylic acid groups (broad SMARTS) is 1. The molecule has 1 aliphatic heterocycles. The van der Waals surface area contributed by atoms with Gasteiger partial charge in [0.15, 0.2) is 0 Å². The monoisotopic (exact) mass is 239 g/mol. The third kappa shape index (κ3) is 2.83. The van der Waals surface area contributed by atoms with E-state index in [0.717, 1.165) is 0 Å². The van der Waals surface area contributed by atoms with Crippen LogP contribution in [0.25, 0.3) is 0 Å². The lowest BCUT2D eigenvalue weighted by Crippen LogP contribution is -2.56. The molecule has 17 heavy (non-hydrogen) atoms. The van der Waals surface area contributed by atoms with Gasteiger partial charge in [0.25, 0.3) is 0 Å². The maximum Gasteiger partial charge on any atom is 0.324 e. The van der Waals surface area contributed by atoms with Crippen LogP contribution in [0.1, 0.15) is 12.8 Å². The van der Waals surface area contributed by atoms with Crippen molar-refractivity contribution in [3.8, 4) is 0 Å². The van der Waals surface area contributed by atoms with E-state index in [9.17, 15) is 9.90 Å². The van der Waals surface area contributed by atoms with Crippen molar-refractivity contribution in [3.63, 3.8) is 0 Å². The molecule has 0 unspecified atom stereocenters. The first-order valence-corrected chi connectivity index (χ1v) is 5.77. The number of aromatic nitrogens is 2. The Morgan fingerprint density at radius 1 is 1.53 bits per heavy atom. The van der Waals surface area contributed by atoms with Gasteiger partial charge < -0.3 is 9.84 Å². The van der Waals surface area contributed by atoms with E-state index in [2.05, 4.69) is 10.4 Å². The predicted molar refractivity (Wildman–Crippen MR) is 60.6 cm³/mol. The first-order chi connectivity index (χ1) is 8.23. The van der Waals surface area contributed by atoms with Crippen molar-refractivity contribution in [2.24, 2.45) is 0 Å². The highest BCUT2D eigenvalue weighted by atomic mass is 16.5. The quantitative estimate of drug-likeness (QED) is 0.762. The average Bonchev–Trinajstić information content (AvgIpc) is 2.83. The van der Waals surface area contributed by atoms with Crippen molar-refractivity contribution in [2.75, 3.05) is 19.8 Å². The largest absolute Gasteiger partial charge is 0.480 e. The normalized spacial score (nSPS) is 19.1. The number of nitrogens with zero attached hydrogens (tertiary/aromatic N) is 2. The molecule has 2 heterocycles. The summed E-state index contributed by atoms with van der Waals surface area (Å²) in [5, 5.41) is 16.5. The molecule has 1 aromatic heterocycles. The minimum absolute atomic E-state index is 0.501. The maximum absolute atomic E-state index is 11.3. The molecular weight excluding hydrogens is 222 g/mol. The second-order valence-electron chi connectivity index (χ2n) is 4.20. The Hall–Kier alpha value is -1.40. The summed E-state index contributed by atoms with van der Waals surface area (Å²) in [4.78, 5) is 11.3. The zero-order valence-corrected chi connectivity index (χ0v) is 9.63. The van der Waals surface area contributed by atoms with Crippen molar-refractivity contribution in [3.05, 3.63) is 18.5 Å². The lowest BCUT2D eigenvalue weighted by molar-refractivity contribution is -0.149. The van der Waals surface area contributed by atoms with E-state index in [1.807, 2.05) is 12.3 Å². The fourth-order valence-electron chi connectivity index (χ4n) is 2.03. The van der Waals surface area contributed by atoms with E-state index >= 15 is 0 Å². The summed E-state index contributed by atoms with van der Waals surface area (Å²) in [5.41, 5.74) is -0.828. The summed E-state index contributed by atoms with van der Waals surface area (Å²) >= 11 is 0. The Kier molecular flexibility index (Phi) is 3.75. The molecule has 1 aromatic rings. The van der Waals surface area contributed by atoms with Gasteiger partial charge >= 0.3 is 5.97 Å². The van der Waals surface area contributed by atoms with Gasteiger partial charge in [-0.2, -0.15) is 5.10 Å². The summed E-state index contributed by atoms with van der Waals surface area (Å²) < 4.78 is 6.99. The standard InChI is InChI=1S/C11H17N3O3/c15-10(16)11(2-8-17-9-3-11)12-5-7-14-6-1-4-13-14/h1,4,6,12H,2-3,5,7-9H2,(H,15,16). The summed E-state index contributed by atoms with van der Waals surface area (Å²) in [6.07, 6.45) is 4.60. The molecule has 0 atom stereocenters. The summed E-state index contributed by atoms with van der Waals surface area (Å²) in [5.74, 6) is -0.790. The molecule has 0 aliphatic carbocycles. The molecule has 0 radical (unpaired) electrons. The second-order valence-corrected chi connectivity index (χ2v) is 4.20. The predicted octanol–water partition coefficient (Wildman–Crippen LogP) is 0.106. The van der Waals surface area contributed by atoms with Gasteiger partial charge in [-0.25, -0.2) is 0 Å². The zero-order chi connectivity index (χ0) is 12.1. The number of aliphatic carboxylic acids is 1. The molecule has 0 saturated carbocycles. The van der Waals surface area contributed by atoms with Crippen LogP contribution in [0.4, 0.5) is 0 Å². The number of rotatable bonds is 5. The number of ether oxygens (including phenoxy) is 1. The van der Waals surface area contributed by atoms with Crippen LogP contribution in [0.5, 0.6) is 0 Å². The van der Waals surface area contributed by atoms with E-state index in [1.54, 1.807) is 10.9 Å². The van der Waals surface area contributed by atoms with Crippen LogP contribution < -0.4 is 5.32 Å². The maximum atomic E-state index is 11.3. The van der Waals surface area contributed by atoms with E-state index < -0.39 is 11.5 Å². The molecular formula is C11H17N3O3. The molecule has 6 nitrogen and oxygen atoms in total. The highest BCUT2D eigenvalue weighted by Gasteiger charge is 2.39. The lowest BCUT2D eigenvalue weighted by atomic mass is 9.90. The summed E-state index contributed by atoms with van der Waals surface area (Å²) in [6, 6.07) is 1.85. The minimum Gasteiger partial charge on any atom is -0.480 e. The van der Waals surface area contributed by atoms with Crippen molar-refractivity contribution in [1.29, 1.82) is 0 Å². The summed E-state index contributed by atoms with van der Waals surface area (Å²) in [7, 11) is 0. The number of carbonyl (C=O) groups is 1. The van der Waals surface area contributed by atoms with Gasteiger partial charge in [-0.05, 0) is 18.9 Å². The SMILES string of the molecule is O=C(O)C1(NCCn2cccn2)CCOCC1. The van der Waals surface area contributed by atoms with Crippen LogP contribution in [0.3, 0.4) is 0 Å². The molecule has 1 aliphatic rings. The molecule has 94 valence electrons. The van der Waals surface area contributed by atoms with Gasteiger partial charge in [0.05, 0.1) is 6.54 Å². The third-order valence-corrected chi connectivity index (χ3v) is 3.12. The number of carboxylic acids is 1. The molecule has 1 saturated heterocycles. The van der Waals surface area contributed by atoms with Crippen molar-refractivity contribution in [2.45, 2.75) is 24.9 Å². The van der Waals surface area contributed by atoms with E-state index in [4.69, 9.17) is 4.74 Å². The Morgan fingerprint density at radius 3 is 2.88 bits per heavy atom. The van der Waals surface area contributed by atoms with Crippen molar-refractivity contribution in [1.82, 2.24) is 15.1 Å². The molecule has 2 N–H and O–H groups in total. The van der Waals surface area contributed by atoms with Crippen LogP contribution >= 0.6 is 0 Å². The smallest absolute Gasteiger partial charge is 0.324 e. The molecule has 1 fully saturated rings. The number of hydrogen-bond acceptors (Lipinski definition) is 4. The summed E-state index contributed by atoms with van der Waals surface area (Å²) in [6.45, 7) is 2.26. The van der Waals surface area contributed by atoms with E-state index in [0.29, 0.717) is 39.1 Å². The molecule has 0 spiro atoms. The molecule has 0 aromatic carbocycles. The Labute approximate surface area is 99.6 Å². The molecule has 6 heteroatoms. The fraction of sp³-hybridized carbons (Fsp3) is 0.636. The average molecular weight is 239 g/mol. The molecule has 0 amide bonds. The Morgan fingerprint density at radius 2 is 2.29 bits per heavy atom. The van der Waals surface area contributed by atoms with Gasteiger partial charge in [0.1, 0.15) is 5.54 Å². The van der Waals surface area contributed by atoms with Crippen LogP contribution in [0.15, 0.2) is 18.5 Å². The van der Waals surface area contributed by atoms with Gasteiger partial charge in [0.2, 0.25) is 0 Å². The minimum atomic E-state index is -0.828. The first kappa shape index (κ1) is 12.1. The fourth-order valence-corrected chi connectivity index (χ4v) is 2.03. The molecule has 2 rings (SSSR count). The first-order valence-electron chi connectivity index (χ1n) is 5.77. The third-order valence-electron chi connectivity index (χ3n) is 3.12. The Bertz CT molecular complexity index is 358. The highest BCUT2D eigenvalue weighted by Crippen LogP contribution is 2.20. The van der Waals surface area contributed by atoms with Gasteiger partial charge in [0, 0.05) is 32.2 Å². The van der Waals surface area contributed by atoms with E-state index in [1.165, 1.54) is 0 Å².